The fraction of sp³-hybridized carbons (Fsp3) is 0.111. The molecule has 0 radical (unpaired) electrons. The first-order valence-electron chi connectivity index (χ1n) is 3.70. The minimum Gasteiger partial charge on any atom is -0.429 e. The number of hydrogen-bond donors (Lipinski definition) is 1. The van der Waals surface area contributed by atoms with Gasteiger partial charge in [-0.25, -0.2) is 0 Å². The summed E-state index contributed by atoms with van der Waals surface area (Å²) in [5.41, 5.74) is 0.672. The highest BCUT2D eigenvalue weighted by Gasteiger charge is 1.95. The Bertz CT molecular complexity index is 305. The highest BCUT2D eigenvalue weighted by molar-refractivity contribution is 5.88. The van der Waals surface area contributed by atoms with Crippen LogP contribution in [0.4, 0.5) is 5.69 Å². The van der Waals surface area contributed by atoms with E-state index in [1.165, 1.54) is 6.92 Å². The third-order valence-corrected chi connectivity index (χ3v) is 1.36. The van der Waals surface area contributed by atoms with Crippen LogP contribution < -0.4 is 10.1 Å². The van der Waals surface area contributed by atoms with E-state index >= 15 is 0 Å². The second kappa shape index (κ2) is 4.25. The van der Waals surface area contributed by atoms with Gasteiger partial charge in [0.1, 0.15) is 5.75 Å². The zero-order valence-electron chi connectivity index (χ0n) is 7.11. The molecule has 0 aliphatic carbocycles. The summed E-state index contributed by atoms with van der Waals surface area (Å²) in [4.78, 5) is 20.6. The van der Waals surface area contributed by atoms with Gasteiger partial charge in [-0.15, -0.1) is 0 Å². The molecule has 0 unspecified atom stereocenters. The Labute approximate surface area is 75.5 Å². The average molecular weight is 179 g/mol. The minimum atomic E-state index is -0.135. The molecule has 1 rings (SSSR count). The van der Waals surface area contributed by atoms with E-state index in [0.29, 0.717) is 17.9 Å². The number of ether oxygens (including phenoxy) is 1. The maximum absolute atomic E-state index is 10.6. The Hall–Kier alpha value is -1.84. The van der Waals surface area contributed by atoms with Gasteiger partial charge in [0.15, 0.2) is 0 Å². The van der Waals surface area contributed by atoms with Gasteiger partial charge in [0.25, 0.3) is 6.47 Å². The fourth-order valence-corrected chi connectivity index (χ4v) is 0.876. The second-order valence-corrected chi connectivity index (χ2v) is 2.42. The molecule has 0 aromatic heterocycles. The van der Waals surface area contributed by atoms with Crippen molar-refractivity contribution in [3.8, 4) is 5.75 Å². The molecule has 1 amide bonds. The SMILES string of the molecule is CC(=O)Nc1ccc(OC=O)cc1. The number of rotatable bonds is 3. The molecule has 1 aromatic rings. The van der Waals surface area contributed by atoms with Crippen molar-refractivity contribution in [1.82, 2.24) is 0 Å². The van der Waals surface area contributed by atoms with E-state index in [2.05, 4.69) is 10.1 Å². The average Bonchev–Trinajstić information content (AvgIpc) is 2.08. The lowest BCUT2D eigenvalue weighted by Crippen LogP contribution is -2.05. The first-order valence-corrected chi connectivity index (χ1v) is 3.70. The summed E-state index contributed by atoms with van der Waals surface area (Å²) in [5, 5.41) is 2.59. The molecular formula is C9H9NO3. The van der Waals surface area contributed by atoms with Crippen molar-refractivity contribution in [3.05, 3.63) is 24.3 Å². The molecule has 0 fully saturated rings. The normalized spacial score (nSPS) is 9.00. The highest BCUT2D eigenvalue weighted by Crippen LogP contribution is 2.14. The van der Waals surface area contributed by atoms with E-state index in [4.69, 9.17) is 0 Å². The largest absolute Gasteiger partial charge is 0.429 e. The van der Waals surface area contributed by atoms with Crippen molar-refractivity contribution in [2.24, 2.45) is 0 Å². The quantitative estimate of drug-likeness (QED) is 0.709. The van der Waals surface area contributed by atoms with Gasteiger partial charge < -0.3 is 10.1 Å². The molecule has 0 saturated carbocycles. The van der Waals surface area contributed by atoms with Gasteiger partial charge >= 0.3 is 0 Å². The molecule has 4 nitrogen and oxygen atoms in total. The molecular weight excluding hydrogens is 170 g/mol. The zero-order valence-corrected chi connectivity index (χ0v) is 7.11. The van der Waals surface area contributed by atoms with Gasteiger partial charge in [-0.1, -0.05) is 0 Å². The number of carbonyl (C=O) groups is 2. The lowest BCUT2D eigenvalue weighted by atomic mass is 10.3. The Balaban J connectivity index is 2.69. The predicted molar refractivity (Wildman–Crippen MR) is 47.4 cm³/mol. The molecule has 0 saturated heterocycles. The van der Waals surface area contributed by atoms with E-state index < -0.39 is 0 Å². The number of carbonyl (C=O) groups excluding carboxylic acids is 2. The van der Waals surface area contributed by atoms with Gasteiger partial charge in [0.05, 0.1) is 0 Å². The van der Waals surface area contributed by atoms with Gasteiger partial charge in [0, 0.05) is 12.6 Å². The van der Waals surface area contributed by atoms with Crippen LogP contribution in [0.15, 0.2) is 24.3 Å². The number of hydrogen-bond acceptors (Lipinski definition) is 3. The van der Waals surface area contributed by atoms with Crippen LogP contribution in [-0.4, -0.2) is 12.4 Å². The molecule has 0 spiro atoms. The van der Waals surface area contributed by atoms with Gasteiger partial charge in [0.2, 0.25) is 5.91 Å². The van der Waals surface area contributed by atoms with Crippen molar-refractivity contribution in [2.45, 2.75) is 6.92 Å². The molecule has 0 atom stereocenters. The van der Waals surface area contributed by atoms with Crippen molar-refractivity contribution in [3.63, 3.8) is 0 Å². The van der Waals surface area contributed by atoms with Crippen LogP contribution in [0.3, 0.4) is 0 Å². The van der Waals surface area contributed by atoms with Crippen molar-refractivity contribution >= 4 is 18.1 Å². The summed E-state index contributed by atoms with van der Waals surface area (Å²) < 4.78 is 4.57. The molecule has 1 aromatic carbocycles. The van der Waals surface area contributed by atoms with E-state index in [-0.39, 0.29) is 5.91 Å². The van der Waals surface area contributed by atoms with Gasteiger partial charge in [-0.3, -0.25) is 9.59 Å². The molecule has 1 N–H and O–H groups in total. The van der Waals surface area contributed by atoms with Crippen LogP contribution >= 0.6 is 0 Å². The number of anilines is 1. The van der Waals surface area contributed by atoms with Crippen LogP contribution in [0.5, 0.6) is 5.75 Å². The third kappa shape index (κ3) is 2.94. The topological polar surface area (TPSA) is 55.4 Å². The molecule has 0 heterocycles. The van der Waals surface area contributed by atoms with E-state index in [0.717, 1.165) is 0 Å². The Morgan fingerprint density at radius 2 is 2.00 bits per heavy atom. The summed E-state index contributed by atoms with van der Waals surface area (Å²) in [6, 6.07) is 6.50. The van der Waals surface area contributed by atoms with Crippen LogP contribution in [0, 0.1) is 0 Å². The Kier molecular flexibility index (Phi) is 3.03. The highest BCUT2D eigenvalue weighted by atomic mass is 16.5. The van der Waals surface area contributed by atoms with E-state index in [1.807, 2.05) is 0 Å². The summed E-state index contributed by atoms with van der Waals surface area (Å²) in [6.45, 7) is 1.78. The zero-order chi connectivity index (χ0) is 9.68. The Morgan fingerprint density at radius 1 is 1.38 bits per heavy atom. The van der Waals surface area contributed by atoms with Crippen LogP contribution in [0.25, 0.3) is 0 Å². The van der Waals surface area contributed by atoms with Crippen molar-refractivity contribution < 1.29 is 14.3 Å². The summed E-state index contributed by atoms with van der Waals surface area (Å²) >= 11 is 0. The van der Waals surface area contributed by atoms with Crippen molar-refractivity contribution in [2.75, 3.05) is 5.32 Å². The molecule has 13 heavy (non-hydrogen) atoms. The summed E-state index contributed by atoms with van der Waals surface area (Å²) in [5.74, 6) is 0.313. The standard InChI is InChI=1S/C9H9NO3/c1-7(12)10-8-2-4-9(5-3-8)13-6-11/h2-6H,1H3,(H,10,12). The maximum atomic E-state index is 10.6. The van der Waals surface area contributed by atoms with E-state index in [9.17, 15) is 9.59 Å². The van der Waals surface area contributed by atoms with Crippen LogP contribution in [-0.2, 0) is 9.59 Å². The van der Waals surface area contributed by atoms with Gasteiger partial charge in [-0.05, 0) is 24.3 Å². The first-order chi connectivity index (χ1) is 6.22. The maximum Gasteiger partial charge on any atom is 0.298 e. The molecule has 0 aliphatic heterocycles. The summed E-state index contributed by atoms with van der Waals surface area (Å²) in [7, 11) is 0. The van der Waals surface area contributed by atoms with E-state index in [1.54, 1.807) is 24.3 Å². The summed E-state index contributed by atoms with van der Waals surface area (Å²) in [6.07, 6.45) is 0. The lowest BCUT2D eigenvalue weighted by molar-refractivity contribution is -0.120. The smallest absolute Gasteiger partial charge is 0.298 e. The first kappa shape index (κ1) is 9.25. The Morgan fingerprint density at radius 3 is 2.46 bits per heavy atom. The second-order valence-electron chi connectivity index (χ2n) is 2.42. The fourth-order valence-electron chi connectivity index (χ4n) is 0.876. The monoisotopic (exact) mass is 179 g/mol. The van der Waals surface area contributed by atoms with Crippen LogP contribution in [0.1, 0.15) is 6.92 Å². The number of nitrogens with one attached hydrogen (secondary N) is 1. The lowest BCUT2D eigenvalue weighted by Gasteiger charge is -2.02. The number of benzene rings is 1. The van der Waals surface area contributed by atoms with Crippen LogP contribution in [0.2, 0.25) is 0 Å². The van der Waals surface area contributed by atoms with Gasteiger partial charge in [-0.2, -0.15) is 0 Å². The molecule has 68 valence electrons. The number of amides is 1. The molecule has 0 bridgehead atoms. The predicted octanol–water partition coefficient (Wildman–Crippen LogP) is 1.18. The minimum absolute atomic E-state index is 0.135. The third-order valence-electron chi connectivity index (χ3n) is 1.36. The molecule has 4 heteroatoms. The molecule has 0 aliphatic rings. The van der Waals surface area contributed by atoms with Crippen molar-refractivity contribution in [1.29, 1.82) is 0 Å².